The molecule has 1 fully saturated rings. The van der Waals surface area contributed by atoms with E-state index in [0.717, 1.165) is 23.5 Å². The number of aryl methyl sites for hydroxylation is 1. The molecule has 1 aliphatic carbocycles. The van der Waals surface area contributed by atoms with Crippen LogP contribution < -0.4 is 15.4 Å². The van der Waals surface area contributed by atoms with Crippen LogP contribution in [0.5, 0.6) is 5.88 Å². The average molecular weight is 756 g/mol. The minimum atomic E-state index is -2.96. The maximum atomic E-state index is 13.8. The minimum Gasteiger partial charge on any atom is -0.481 e. The standard InChI is InChI=1S/C33H34ClN7O10S/c1-15-39-40-29(50-15)17-4-6-20(22(10-17)36-28(46)31-38-21-7-8-41(2)14-24(21)52-31)35-27(45)23-9-16-3-5-18(34)11-19(16)30(37-23)51-26(44)13-33(49,32(47)48)12-25(42)43/h3,5,9,11,17,20,22,49H,4,6-8,10,12-14H2,1-2H3,(H,35,45)(H,36,46)(H,42,43)(H,47,48)/t17-,20-,22-,33?/m0/s1. The smallest absolute Gasteiger partial charge is 0.336 e. The van der Waals surface area contributed by atoms with E-state index < -0.39 is 60.2 Å². The molecule has 3 aromatic heterocycles. The van der Waals surface area contributed by atoms with Gasteiger partial charge in [0.15, 0.2) is 10.6 Å². The third-order valence-electron chi connectivity index (χ3n) is 8.97. The number of rotatable bonds is 11. The summed E-state index contributed by atoms with van der Waals surface area (Å²) in [6.07, 6.45) is -0.439. The molecule has 6 rings (SSSR count). The second kappa shape index (κ2) is 14.9. The Labute approximate surface area is 304 Å². The first kappa shape index (κ1) is 36.7. The first-order valence-corrected chi connectivity index (χ1v) is 17.4. The molecule has 0 radical (unpaired) electrons. The number of carbonyl (C=O) groups excluding carboxylic acids is 3. The van der Waals surface area contributed by atoms with Crippen molar-refractivity contribution in [2.45, 2.75) is 75.6 Å². The van der Waals surface area contributed by atoms with E-state index in [1.807, 2.05) is 7.05 Å². The number of benzene rings is 1. The fourth-order valence-corrected chi connectivity index (χ4v) is 7.59. The van der Waals surface area contributed by atoms with Gasteiger partial charge >= 0.3 is 17.9 Å². The summed E-state index contributed by atoms with van der Waals surface area (Å²) < 4.78 is 11.0. The van der Waals surface area contributed by atoms with Crippen LogP contribution in [0.25, 0.3) is 10.8 Å². The lowest BCUT2D eigenvalue weighted by Gasteiger charge is -2.35. The lowest BCUT2D eigenvalue weighted by atomic mass is 9.82. The number of aliphatic carboxylic acids is 2. The van der Waals surface area contributed by atoms with E-state index in [0.29, 0.717) is 48.0 Å². The molecule has 2 amide bonds. The average Bonchev–Trinajstić information content (AvgIpc) is 3.71. The number of carbonyl (C=O) groups is 5. The van der Waals surface area contributed by atoms with Gasteiger partial charge in [0.05, 0.1) is 24.6 Å². The molecule has 0 bridgehead atoms. The van der Waals surface area contributed by atoms with Crippen LogP contribution in [-0.4, -0.2) is 101 Å². The van der Waals surface area contributed by atoms with Crippen LogP contribution in [0.1, 0.15) is 80.7 Å². The molecule has 19 heteroatoms. The second-order valence-electron chi connectivity index (χ2n) is 12.9. The number of aromatic nitrogens is 4. The largest absolute Gasteiger partial charge is 0.481 e. The molecule has 52 heavy (non-hydrogen) atoms. The number of carboxylic acids is 2. The molecule has 1 aliphatic heterocycles. The summed E-state index contributed by atoms with van der Waals surface area (Å²) in [4.78, 5) is 75.1. The number of pyridine rings is 1. The maximum absolute atomic E-state index is 13.8. The Morgan fingerprint density at radius 3 is 2.54 bits per heavy atom. The van der Waals surface area contributed by atoms with Crippen molar-refractivity contribution in [1.82, 2.24) is 35.7 Å². The highest BCUT2D eigenvalue weighted by Gasteiger charge is 2.42. The van der Waals surface area contributed by atoms with Gasteiger partial charge in [0.2, 0.25) is 17.7 Å². The van der Waals surface area contributed by atoms with E-state index in [9.17, 15) is 34.2 Å². The number of nitrogens with one attached hydrogen (secondary N) is 2. The zero-order valence-corrected chi connectivity index (χ0v) is 29.5. The summed E-state index contributed by atoms with van der Waals surface area (Å²) in [5, 5.41) is 44.1. The number of fused-ring (bicyclic) bond motifs is 2. The van der Waals surface area contributed by atoms with Crippen molar-refractivity contribution in [2.24, 2.45) is 0 Å². The van der Waals surface area contributed by atoms with Crippen molar-refractivity contribution >= 4 is 63.4 Å². The Kier molecular flexibility index (Phi) is 10.5. The van der Waals surface area contributed by atoms with Gasteiger partial charge in [0.25, 0.3) is 11.8 Å². The van der Waals surface area contributed by atoms with Crippen molar-refractivity contribution in [3.05, 3.63) is 62.3 Å². The van der Waals surface area contributed by atoms with Gasteiger partial charge in [0.1, 0.15) is 5.69 Å². The van der Waals surface area contributed by atoms with E-state index in [1.54, 1.807) is 13.0 Å². The van der Waals surface area contributed by atoms with E-state index in [2.05, 4.69) is 35.7 Å². The number of likely N-dealkylation sites (N-methyl/N-ethyl adjacent to an activating group) is 1. The van der Waals surface area contributed by atoms with Crippen molar-refractivity contribution in [2.75, 3.05) is 13.6 Å². The molecule has 1 unspecified atom stereocenters. The molecule has 274 valence electrons. The highest BCUT2D eigenvalue weighted by Crippen LogP contribution is 2.34. The normalized spacial score (nSPS) is 20.0. The summed E-state index contributed by atoms with van der Waals surface area (Å²) in [6.45, 7) is 3.22. The molecule has 1 saturated carbocycles. The first-order valence-electron chi connectivity index (χ1n) is 16.2. The number of aliphatic hydroxyl groups is 1. The molecule has 4 aromatic rings. The minimum absolute atomic E-state index is 0.187. The van der Waals surface area contributed by atoms with Gasteiger partial charge in [-0.05, 0) is 49.9 Å². The van der Waals surface area contributed by atoms with Crippen molar-refractivity contribution < 1.29 is 48.4 Å². The fourth-order valence-electron chi connectivity index (χ4n) is 6.33. The molecule has 4 heterocycles. The number of amides is 2. The molecule has 4 atom stereocenters. The summed E-state index contributed by atoms with van der Waals surface area (Å²) >= 11 is 7.51. The number of ether oxygens (including phenoxy) is 1. The van der Waals surface area contributed by atoms with Crippen molar-refractivity contribution in [3.8, 4) is 5.88 Å². The third kappa shape index (κ3) is 8.20. The number of halogens is 1. The van der Waals surface area contributed by atoms with E-state index in [-0.39, 0.29) is 27.9 Å². The molecule has 0 spiro atoms. The zero-order chi connectivity index (χ0) is 37.3. The van der Waals surface area contributed by atoms with Gasteiger partial charge in [-0.15, -0.1) is 21.5 Å². The van der Waals surface area contributed by atoms with Gasteiger partial charge in [-0.25, -0.2) is 14.8 Å². The van der Waals surface area contributed by atoms with Crippen LogP contribution in [0.15, 0.2) is 28.7 Å². The predicted molar refractivity (Wildman–Crippen MR) is 182 cm³/mol. The quantitative estimate of drug-likeness (QED) is 0.138. The van der Waals surface area contributed by atoms with Crippen LogP contribution in [-0.2, 0) is 27.3 Å². The second-order valence-corrected chi connectivity index (χ2v) is 14.5. The fraction of sp³-hybridized carbons (Fsp3) is 0.424. The number of hydrogen-bond acceptors (Lipinski definition) is 14. The number of carboxylic acid groups (broad SMARTS) is 2. The van der Waals surface area contributed by atoms with Crippen LogP contribution in [0.4, 0.5) is 0 Å². The van der Waals surface area contributed by atoms with Gasteiger partial charge in [-0.3, -0.25) is 19.2 Å². The SMILES string of the molecule is Cc1nnc([C@H]2CC[C@H](NC(=O)c3cc4ccc(Cl)cc4c(OC(=O)CC(O)(CC(=O)O)C(=O)O)n3)[C@@H](NC(=O)c3nc4c(s3)CN(C)CC4)C2)o1. The number of thiazole rings is 1. The highest BCUT2D eigenvalue weighted by atomic mass is 35.5. The molecule has 5 N–H and O–H groups in total. The van der Waals surface area contributed by atoms with Crippen LogP contribution in [0, 0.1) is 6.92 Å². The van der Waals surface area contributed by atoms with Gasteiger partial charge < -0.3 is 40.0 Å². The summed E-state index contributed by atoms with van der Waals surface area (Å²) in [5.74, 6) is -5.75. The van der Waals surface area contributed by atoms with Gasteiger partial charge in [-0.2, -0.15) is 0 Å². The topological polar surface area (TPSA) is 247 Å². The van der Waals surface area contributed by atoms with Crippen LogP contribution >= 0.6 is 22.9 Å². The van der Waals surface area contributed by atoms with Crippen molar-refractivity contribution in [3.63, 3.8) is 0 Å². The Morgan fingerprint density at radius 2 is 1.83 bits per heavy atom. The van der Waals surface area contributed by atoms with E-state index >= 15 is 0 Å². The van der Waals surface area contributed by atoms with Crippen molar-refractivity contribution in [1.29, 1.82) is 0 Å². The lowest BCUT2D eigenvalue weighted by Crippen LogP contribution is -2.54. The Balaban J connectivity index is 1.25. The summed E-state index contributed by atoms with van der Waals surface area (Å²) in [7, 11) is 2.00. The molecular formula is C33H34ClN7O10S. The third-order valence-corrected chi connectivity index (χ3v) is 10.3. The predicted octanol–water partition coefficient (Wildman–Crippen LogP) is 2.47. The van der Waals surface area contributed by atoms with E-state index in [1.165, 1.54) is 29.5 Å². The molecule has 0 saturated heterocycles. The summed E-state index contributed by atoms with van der Waals surface area (Å²) in [5.41, 5.74) is -2.25. The Bertz CT molecular complexity index is 2070. The number of nitrogens with zero attached hydrogens (tertiary/aromatic N) is 5. The molecular weight excluding hydrogens is 722 g/mol. The Morgan fingerprint density at radius 1 is 1.06 bits per heavy atom. The molecule has 17 nitrogen and oxygen atoms in total. The van der Waals surface area contributed by atoms with Gasteiger partial charge in [0, 0.05) is 53.7 Å². The van der Waals surface area contributed by atoms with Crippen LogP contribution in [0.3, 0.4) is 0 Å². The lowest BCUT2D eigenvalue weighted by molar-refractivity contribution is -0.169. The Hall–Kier alpha value is -5.04. The van der Waals surface area contributed by atoms with Gasteiger partial charge in [-0.1, -0.05) is 17.7 Å². The maximum Gasteiger partial charge on any atom is 0.336 e. The zero-order valence-electron chi connectivity index (χ0n) is 27.9. The molecule has 2 aliphatic rings. The van der Waals surface area contributed by atoms with Crippen LogP contribution in [0.2, 0.25) is 5.02 Å². The summed E-state index contributed by atoms with van der Waals surface area (Å²) in [6, 6.07) is 4.76. The monoisotopic (exact) mass is 755 g/mol. The number of hydrogen-bond donors (Lipinski definition) is 5. The molecule has 1 aromatic carbocycles. The van der Waals surface area contributed by atoms with E-state index in [4.69, 9.17) is 25.9 Å². The highest BCUT2D eigenvalue weighted by molar-refractivity contribution is 7.13. The first-order chi connectivity index (χ1) is 24.7. The number of esters is 1.